The fourth-order valence-corrected chi connectivity index (χ4v) is 2.18. The molecule has 0 aliphatic rings. The van der Waals surface area contributed by atoms with Crippen LogP contribution in [0.25, 0.3) is 28.1 Å². The lowest BCUT2D eigenvalue weighted by Gasteiger charge is -2.05. The lowest BCUT2D eigenvalue weighted by molar-refractivity contribution is 0.154. The molecule has 0 aliphatic carbocycles. The van der Waals surface area contributed by atoms with Crippen molar-refractivity contribution >= 4 is 28.1 Å². The fraction of sp³-hybridized carbons (Fsp3) is 0. The zero-order valence-electron chi connectivity index (χ0n) is 11.3. The third kappa shape index (κ3) is 1.78. The minimum absolute atomic E-state index is 0.411. The van der Waals surface area contributed by atoms with E-state index in [1.807, 2.05) is 18.2 Å². The maximum absolute atomic E-state index is 9.54. The van der Waals surface area contributed by atoms with E-state index < -0.39 is 0 Å². The van der Waals surface area contributed by atoms with E-state index in [1.165, 1.54) is 4.85 Å². The summed E-state index contributed by atoms with van der Waals surface area (Å²) in [5.74, 6) is 0.411. The highest BCUT2D eigenvalue weighted by Crippen LogP contribution is 2.24. The lowest BCUT2D eigenvalue weighted by atomic mass is 10.2. The van der Waals surface area contributed by atoms with Crippen molar-refractivity contribution in [2.45, 2.75) is 0 Å². The van der Waals surface area contributed by atoms with Crippen LogP contribution in [0, 0.1) is 0 Å². The molecule has 4 rings (SSSR count). The molecule has 2 heterocycles. The molecular formula is C14H10N6O2. The first-order chi connectivity index (χ1) is 10.8. The van der Waals surface area contributed by atoms with Crippen molar-refractivity contribution in [1.82, 2.24) is 30.3 Å². The Morgan fingerprint density at radius 3 is 2.86 bits per heavy atom. The summed E-state index contributed by atoms with van der Waals surface area (Å²) in [5, 5.41) is 25.0. The second-order valence-electron chi connectivity index (χ2n) is 4.61. The van der Waals surface area contributed by atoms with Crippen molar-refractivity contribution < 1.29 is 10.0 Å². The van der Waals surface area contributed by atoms with Gasteiger partial charge in [-0.25, -0.2) is 0 Å². The van der Waals surface area contributed by atoms with Crippen molar-refractivity contribution in [2.75, 3.05) is 0 Å². The molecule has 0 aliphatic heterocycles. The summed E-state index contributed by atoms with van der Waals surface area (Å²) in [6.07, 6.45) is 1.73. The normalized spacial score (nSPS) is 11.1. The molecule has 22 heavy (non-hydrogen) atoms. The molecule has 108 valence electrons. The molecule has 0 atom stereocenters. The van der Waals surface area contributed by atoms with Crippen LogP contribution in [-0.4, -0.2) is 35.5 Å². The molecule has 4 aromatic rings. The monoisotopic (exact) mass is 294 g/mol. The Labute approximate surface area is 123 Å². The predicted molar refractivity (Wildman–Crippen MR) is 78.4 cm³/mol. The highest BCUT2D eigenvalue weighted by molar-refractivity contribution is 5.81. The average molecular weight is 294 g/mol. The molecule has 0 bridgehead atoms. The largest absolute Gasteiger partial charge is 0.410 e. The lowest BCUT2D eigenvalue weighted by Crippen LogP contribution is -2.07. The molecule has 1 N–H and O–H groups in total. The van der Waals surface area contributed by atoms with Crippen molar-refractivity contribution in [3.63, 3.8) is 0 Å². The highest BCUT2D eigenvalue weighted by atomic mass is 16.7. The van der Waals surface area contributed by atoms with Gasteiger partial charge in [0.2, 0.25) is 0 Å². The summed E-state index contributed by atoms with van der Waals surface area (Å²) in [4.78, 5) is 7.73. The molecule has 0 fully saturated rings. The van der Waals surface area contributed by atoms with Crippen LogP contribution in [-0.2, 0) is 0 Å². The summed E-state index contributed by atoms with van der Waals surface area (Å²) in [6.45, 7) is 3.74. The molecule has 0 unspecified atom stereocenters. The van der Waals surface area contributed by atoms with Crippen LogP contribution in [0.4, 0.5) is 0 Å². The predicted octanol–water partition coefficient (Wildman–Crippen LogP) is 1.90. The molecule has 0 amide bonds. The molecule has 2 aromatic carbocycles. The van der Waals surface area contributed by atoms with Gasteiger partial charge in [-0.2, -0.15) is 0 Å². The van der Waals surface area contributed by atoms with Gasteiger partial charge in [-0.1, -0.05) is 34.5 Å². The summed E-state index contributed by atoms with van der Waals surface area (Å²) < 4.78 is 0. The van der Waals surface area contributed by atoms with E-state index in [1.54, 1.807) is 24.3 Å². The number of hydrogen-bond donors (Lipinski definition) is 1. The molecule has 8 nitrogen and oxygen atoms in total. The number of fused-ring (bicyclic) bond motifs is 2. The van der Waals surface area contributed by atoms with E-state index in [9.17, 15) is 5.21 Å². The van der Waals surface area contributed by atoms with Crippen LogP contribution < -0.4 is 4.84 Å². The van der Waals surface area contributed by atoms with Gasteiger partial charge >= 0.3 is 0 Å². The first-order valence-corrected chi connectivity index (χ1v) is 6.46. The minimum atomic E-state index is 0.411. The summed E-state index contributed by atoms with van der Waals surface area (Å²) in [5.41, 5.74) is 3.19. The Balaban J connectivity index is 1.84. The topological polar surface area (TPSA) is 90.9 Å². The molecule has 8 heteroatoms. The number of rotatable bonds is 3. The number of nitrogens with zero attached hydrogens (tertiary/aromatic N) is 6. The smallest absolute Gasteiger partial charge is 0.187 e. The van der Waals surface area contributed by atoms with Crippen molar-refractivity contribution in [3.05, 3.63) is 48.5 Å². The van der Waals surface area contributed by atoms with Gasteiger partial charge in [0.1, 0.15) is 16.6 Å². The Morgan fingerprint density at radius 1 is 1.09 bits per heavy atom. The third-order valence-electron chi connectivity index (χ3n) is 3.28. The van der Waals surface area contributed by atoms with Crippen molar-refractivity contribution in [1.29, 1.82) is 0 Å². The first-order valence-electron chi connectivity index (χ1n) is 6.46. The van der Waals surface area contributed by atoms with Crippen LogP contribution in [0.5, 0.6) is 5.75 Å². The first kappa shape index (κ1) is 12.3. The Kier molecular flexibility index (Phi) is 2.55. The minimum Gasteiger partial charge on any atom is -0.410 e. The van der Waals surface area contributed by atoms with Gasteiger partial charge < -0.3 is 10.0 Å². The SMILES string of the molecule is C=Cc1ccc2nnn(Oc3cccc4c3nnn4O)c2c1. The van der Waals surface area contributed by atoms with Crippen LogP contribution in [0.1, 0.15) is 5.56 Å². The van der Waals surface area contributed by atoms with E-state index in [0.29, 0.717) is 32.7 Å². The number of aromatic nitrogens is 6. The summed E-state index contributed by atoms with van der Waals surface area (Å²) >= 11 is 0. The van der Waals surface area contributed by atoms with Gasteiger partial charge in [0, 0.05) is 0 Å². The molecular weight excluding hydrogens is 284 g/mol. The molecule has 2 aromatic heterocycles. The van der Waals surface area contributed by atoms with Crippen LogP contribution >= 0.6 is 0 Å². The van der Waals surface area contributed by atoms with Gasteiger partial charge in [0.15, 0.2) is 11.3 Å². The van der Waals surface area contributed by atoms with E-state index in [-0.39, 0.29) is 0 Å². The molecule has 0 saturated heterocycles. The van der Waals surface area contributed by atoms with Gasteiger partial charge in [0.05, 0.1) is 0 Å². The summed E-state index contributed by atoms with van der Waals surface area (Å²) in [6, 6.07) is 10.7. The standard InChI is InChI=1S/C14H10N6O2/c1-2-9-6-7-10-12(8-9)20(18-15-10)22-13-5-3-4-11-14(13)16-17-19(11)21/h2-8,21H,1H2. The van der Waals surface area contributed by atoms with Crippen molar-refractivity contribution in [3.8, 4) is 5.75 Å². The molecule has 0 spiro atoms. The fourth-order valence-electron chi connectivity index (χ4n) is 2.18. The van der Waals surface area contributed by atoms with Gasteiger partial charge in [-0.3, -0.25) is 0 Å². The Bertz CT molecular complexity index is 1000. The van der Waals surface area contributed by atoms with E-state index >= 15 is 0 Å². The van der Waals surface area contributed by atoms with Gasteiger partial charge in [-0.15, -0.1) is 10.2 Å². The second-order valence-corrected chi connectivity index (χ2v) is 4.61. The molecule has 0 radical (unpaired) electrons. The van der Waals surface area contributed by atoms with Crippen LogP contribution in [0.3, 0.4) is 0 Å². The molecule has 0 saturated carbocycles. The second kappa shape index (κ2) is 4.55. The Hall–Kier alpha value is -3.42. The zero-order chi connectivity index (χ0) is 15.1. The average Bonchev–Trinajstić information content (AvgIpc) is 3.12. The highest BCUT2D eigenvalue weighted by Gasteiger charge is 2.12. The van der Waals surface area contributed by atoms with Crippen LogP contribution in [0.2, 0.25) is 0 Å². The maximum Gasteiger partial charge on any atom is 0.187 e. The third-order valence-corrected chi connectivity index (χ3v) is 3.28. The Morgan fingerprint density at radius 2 is 2.00 bits per heavy atom. The van der Waals surface area contributed by atoms with Gasteiger partial charge in [0.25, 0.3) is 0 Å². The number of benzene rings is 2. The maximum atomic E-state index is 9.54. The number of hydrogen-bond acceptors (Lipinski definition) is 6. The van der Waals surface area contributed by atoms with E-state index in [2.05, 4.69) is 27.2 Å². The quantitative estimate of drug-likeness (QED) is 0.580. The summed E-state index contributed by atoms with van der Waals surface area (Å²) in [7, 11) is 0. The van der Waals surface area contributed by atoms with Gasteiger partial charge in [-0.05, 0) is 40.3 Å². The van der Waals surface area contributed by atoms with Crippen molar-refractivity contribution in [2.24, 2.45) is 0 Å². The van der Waals surface area contributed by atoms with E-state index in [4.69, 9.17) is 4.84 Å². The zero-order valence-corrected chi connectivity index (χ0v) is 11.3. The van der Waals surface area contributed by atoms with Crippen LogP contribution in [0.15, 0.2) is 43.0 Å². The van der Waals surface area contributed by atoms with E-state index in [0.717, 1.165) is 5.56 Å².